The zero-order valence-corrected chi connectivity index (χ0v) is 13.3. The molecule has 1 aliphatic rings. The van der Waals surface area contributed by atoms with E-state index in [9.17, 15) is 9.59 Å². The fraction of sp³-hybridized carbons (Fsp3) is 0.467. The zero-order chi connectivity index (χ0) is 15.1. The molecule has 1 aromatic rings. The van der Waals surface area contributed by atoms with Crippen LogP contribution in [0.4, 0.5) is 0 Å². The second-order valence-corrected chi connectivity index (χ2v) is 6.82. The predicted octanol–water partition coefficient (Wildman–Crippen LogP) is 2.98. The molecule has 3 atom stereocenters. The Bertz CT molecular complexity index is 556. The smallest absolute Gasteiger partial charge is 0.307 e. The van der Waals surface area contributed by atoms with Crippen LogP contribution in [0.3, 0.4) is 0 Å². The van der Waals surface area contributed by atoms with Crippen molar-refractivity contribution in [3.05, 3.63) is 34.3 Å². The van der Waals surface area contributed by atoms with Crippen molar-refractivity contribution >= 4 is 27.8 Å². The van der Waals surface area contributed by atoms with E-state index in [-0.39, 0.29) is 11.9 Å². The zero-order valence-electron chi connectivity index (χ0n) is 11.7. The van der Waals surface area contributed by atoms with E-state index in [1.807, 2.05) is 45.0 Å². The number of amides is 1. The summed E-state index contributed by atoms with van der Waals surface area (Å²) in [5, 5.41) is 12.0. The van der Waals surface area contributed by atoms with Crippen LogP contribution in [0.1, 0.15) is 32.4 Å². The Morgan fingerprint density at radius 1 is 1.35 bits per heavy atom. The summed E-state index contributed by atoms with van der Waals surface area (Å²) in [7, 11) is 0. The number of hydrogen-bond acceptors (Lipinski definition) is 2. The Morgan fingerprint density at radius 2 is 2.00 bits per heavy atom. The monoisotopic (exact) mass is 339 g/mol. The first-order valence-electron chi connectivity index (χ1n) is 6.53. The first-order valence-corrected chi connectivity index (χ1v) is 7.33. The number of carbonyl (C=O) groups excluding carboxylic acids is 1. The Morgan fingerprint density at radius 3 is 2.50 bits per heavy atom. The maximum Gasteiger partial charge on any atom is 0.307 e. The van der Waals surface area contributed by atoms with Crippen molar-refractivity contribution in [2.24, 2.45) is 17.3 Å². The van der Waals surface area contributed by atoms with Crippen LogP contribution in [0.15, 0.2) is 28.7 Å². The number of carbonyl (C=O) groups is 2. The van der Waals surface area contributed by atoms with Crippen molar-refractivity contribution in [2.75, 3.05) is 0 Å². The van der Waals surface area contributed by atoms with E-state index in [1.165, 1.54) is 0 Å². The summed E-state index contributed by atoms with van der Waals surface area (Å²) < 4.78 is 0.950. The lowest BCUT2D eigenvalue weighted by atomic mass is 10.1. The number of aliphatic carboxylic acids is 1. The summed E-state index contributed by atoms with van der Waals surface area (Å²) in [5.74, 6) is -2.12. The SMILES string of the molecule is CC(NC(=O)[C@H]1[C@@H](C(=O)O)C1(C)C)c1cccc(Br)c1. The third kappa shape index (κ3) is 2.73. The molecular formula is C15H18BrNO3. The third-order valence-corrected chi connectivity index (χ3v) is 4.58. The molecule has 1 aliphatic carbocycles. The number of hydrogen-bond donors (Lipinski definition) is 2. The first kappa shape index (κ1) is 15.0. The summed E-state index contributed by atoms with van der Waals surface area (Å²) in [6, 6.07) is 7.55. The number of halogens is 1. The second kappa shape index (κ2) is 5.20. The molecule has 4 nitrogen and oxygen atoms in total. The van der Waals surface area contributed by atoms with E-state index in [0.717, 1.165) is 10.0 Å². The van der Waals surface area contributed by atoms with Gasteiger partial charge in [0.15, 0.2) is 0 Å². The van der Waals surface area contributed by atoms with Gasteiger partial charge in [-0.15, -0.1) is 0 Å². The van der Waals surface area contributed by atoms with Crippen molar-refractivity contribution in [1.29, 1.82) is 0 Å². The topological polar surface area (TPSA) is 66.4 Å². The molecule has 0 radical (unpaired) electrons. The Balaban J connectivity index is 2.04. The van der Waals surface area contributed by atoms with Gasteiger partial charge < -0.3 is 10.4 Å². The molecule has 0 bridgehead atoms. The fourth-order valence-corrected chi connectivity index (χ4v) is 3.17. The van der Waals surface area contributed by atoms with Gasteiger partial charge in [0.2, 0.25) is 5.91 Å². The van der Waals surface area contributed by atoms with Crippen molar-refractivity contribution in [2.45, 2.75) is 26.8 Å². The molecule has 2 N–H and O–H groups in total. The molecule has 0 heterocycles. The van der Waals surface area contributed by atoms with E-state index in [4.69, 9.17) is 5.11 Å². The molecule has 1 saturated carbocycles. The van der Waals surface area contributed by atoms with Crippen LogP contribution in [0, 0.1) is 17.3 Å². The van der Waals surface area contributed by atoms with Crippen LogP contribution in [-0.4, -0.2) is 17.0 Å². The minimum Gasteiger partial charge on any atom is -0.481 e. The second-order valence-electron chi connectivity index (χ2n) is 5.90. The highest BCUT2D eigenvalue weighted by Crippen LogP contribution is 2.58. The Kier molecular flexibility index (Phi) is 3.91. The maximum atomic E-state index is 12.2. The van der Waals surface area contributed by atoms with E-state index >= 15 is 0 Å². The standard InChI is InChI=1S/C15H18BrNO3/c1-8(9-5-4-6-10(16)7-9)17-13(18)11-12(14(19)20)15(11,2)3/h4-8,11-12H,1-3H3,(H,17,18)(H,19,20)/t8?,11-,12+/m1/s1. The van der Waals surface area contributed by atoms with Gasteiger partial charge >= 0.3 is 5.97 Å². The van der Waals surface area contributed by atoms with Gasteiger partial charge in [0.25, 0.3) is 0 Å². The van der Waals surface area contributed by atoms with Crippen LogP contribution in [0.2, 0.25) is 0 Å². The van der Waals surface area contributed by atoms with Crippen LogP contribution in [0.5, 0.6) is 0 Å². The Hall–Kier alpha value is -1.36. The number of carboxylic acid groups (broad SMARTS) is 1. The van der Waals surface area contributed by atoms with E-state index in [0.29, 0.717) is 0 Å². The molecule has 1 aromatic carbocycles. The fourth-order valence-electron chi connectivity index (χ4n) is 2.75. The molecule has 1 unspecified atom stereocenters. The summed E-state index contributed by atoms with van der Waals surface area (Å²) in [4.78, 5) is 23.3. The average molecular weight is 340 g/mol. The molecule has 0 aliphatic heterocycles. The quantitative estimate of drug-likeness (QED) is 0.886. The normalized spacial score (nSPS) is 24.8. The molecule has 20 heavy (non-hydrogen) atoms. The van der Waals surface area contributed by atoms with Gasteiger partial charge in [-0.1, -0.05) is 41.9 Å². The maximum absolute atomic E-state index is 12.2. The molecule has 1 fully saturated rings. The van der Waals surface area contributed by atoms with Crippen LogP contribution in [-0.2, 0) is 9.59 Å². The molecule has 108 valence electrons. The number of rotatable bonds is 4. The van der Waals surface area contributed by atoms with Gasteiger partial charge in [-0.3, -0.25) is 9.59 Å². The van der Waals surface area contributed by atoms with Gasteiger partial charge in [-0.05, 0) is 30.0 Å². The first-order chi connectivity index (χ1) is 9.25. The molecule has 0 saturated heterocycles. The van der Waals surface area contributed by atoms with Crippen molar-refractivity contribution in [1.82, 2.24) is 5.32 Å². The third-order valence-electron chi connectivity index (χ3n) is 4.08. The summed E-state index contributed by atoms with van der Waals surface area (Å²) in [6.07, 6.45) is 0. The Labute approximate surface area is 126 Å². The molecular weight excluding hydrogens is 322 g/mol. The number of nitrogens with one attached hydrogen (secondary N) is 1. The van der Waals surface area contributed by atoms with Gasteiger partial charge in [-0.25, -0.2) is 0 Å². The highest BCUT2D eigenvalue weighted by Gasteiger charge is 2.65. The van der Waals surface area contributed by atoms with Gasteiger partial charge in [0.1, 0.15) is 0 Å². The van der Waals surface area contributed by atoms with Crippen LogP contribution in [0.25, 0.3) is 0 Å². The van der Waals surface area contributed by atoms with Gasteiger partial charge in [0.05, 0.1) is 17.9 Å². The minimum absolute atomic E-state index is 0.147. The van der Waals surface area contributed by atoms with Crippen LogP contribution < -0.4 is 5.32 Å². The lowest BCUT2D eigenvalue weighted by Gasteiger charge is -2.15. The van der Waals surface area contributed by atoms with Gasteiger partial charge in [-0.2, -0.15) is 0 Å². The summed E-state index contributed by atoms with van der Waals surface area (Å²) >= 11 is 3.39. The highest BCUT2D eigenvalue weighted by atomic mass is 79.9. The summed E-state index contributed by atoms with van der Waals surface area (Å²) in [5.41, 5.74) is 0.519. The number of carboxylic acids is 1. The van der Waals surface area contributed by atoms with Gasteiger partial charge in [0, 0.05) is 4.47 Å². The van der Waals surface area contributed by atoms with E-state index in [2.05, 4.69) is 21.2 Å². The average Bonchev–Trinajstić information content (AvgIpc) is 2.92. The molecule has 5 heteroatoms. The largest absolute Gasteiger partial charge is 0.481 e. The predicted molar refractivity (Wildman–Crippen MR) is 79.1 cm³/mol. The lowest BCUT2D eigenvalue weighted by Crippen LogP contribution is -2.30. The van der Waals surface area contributed by atoms with Crippen molar-refractivity contribution in [3.63, 3.8) is 0 Å². The minimum atomic E-state index is -0.898. The lowest BCUT2D eigenvalue weighted by molar-refractivity contribution is -0.140. The molecule has 0 spiro atoms. The summed E-state index contributed by atoms with van der Waals surface area (Å²) in [6.45, 7) is 5.53. The number of benzene rings is 1. The van der Waals surface area contributed by atoms with E-state index < -0.39 is 23.2 Å². The van der Waals surface area contributed by atoms with Crippen molar-refractivity contribution in [3.8, 4) is 0 Å². The van der Waals surface area contributed by atoms with E-state index in [1.54, 1.807) is 0 Å². The van der Waals surface area contributed by atoms with Crippen molar-refractivity contribution < 1.29 is 14.7 Å². The highest BCUT2D eigenvalue weighted by molar-refractivity contribution is 9.10. The molecule has 2 rings (SSSR count). The molecule has 0 aromatic heterocycles. The van der Waals surface area contributed by atoms with Crippen LogP contribution >= 0.6 is 15.9 Å². The molecule has 1 amide bonds.